The van der Waals surface area contributed by atoms with Gasteiger partial charge in [-0.25, -0.2) is 4.68 Å². The van der Waals surface area contributed by atoms with E-state index in [0.717, 1.165) is 17.7 Å². The number of anilines is 1. The van der Waals surface area contributed by atoms with Crippen LogP contribution < -0.4 is 10.6 Å². The van der Waals surface area contributed by atoms with Crippen molar-refractivity contribution >= 4 is 23.4 Å². The highest BCUT2D eigenvalue weighted by Crippen LogP contribution is 2.17. The molecule has 0 saturated carbocycles. The largest absolute Gasteiger partial charge is 0.352 e. The van der Waals surface area contributed by atoms with Crippen LogP contribution in [0, 0.1) is 0 Å². The predicted octanol–water partition coefficient (Wildman–Crippen LogP) is 2.75. The van der Waals surface area contributed by atoms with Crippen molar-refractivity contribution in [2.45, 2.75) is 32.4 Å². The van der Waals surface area contributed by atoms with Crippen LogP contribution in [0.4, 0.5) is 5.69 Å². The quantitative estimate of drug-likeness (QED) is 0.601. The van der Waals surface area contributed by atoms with E-state index in [4.69, 9.17) is 0 Å². The molecule has 3 aromatic rings. The minimum Gasteiger partial charge on any atom is -0.352 e. The zero-order valence-corrected chi connectivity index (χ0v) is 17.8. The molecule has 4 rings (SSSR count). The first-order valence-electron chi connectivity index (χ1n) is 10.5. The van der Waals surface area contributed by atoms with Crippen LogP contribution in [-0.4, -0.2) is 45.0 Å². The average Bonchev–Trinajstić information content (AvgIpc) is 3.42. The Labute approximate surface area is 186 Å². The molecule has 1 aromatic heterocycles. The highest BCUT2D eigenvalue weighted by Gasteiger charge is 2.26. The second-order valence-electron chi connectivity index (χ2n) is 7.88. The molecule has 1 saturated heterocycles. The first-order valence-corrected chi connectivity index (χ1v) is 10.5. The van der Waals surface area contributed by atoms with Crippen molar-refractivity contribution < 1.29 is 14.4 Å². The number of hydrogen-bond acceptors (Lipinski definition) is 4. The van der Waals surface area contributed by atoms with E-state index in [0.29, 0.717) is 30.8 Å². The fourth-order valence-corrected chi connectivity index (χ4v) is 3.77. The first kappa shape index (κ1) is 21.3. The smallest absolute Gasteiger partial charge is 0.254 e. The summed E-state index contributed by atoms with van der Waals surface area (Å²) >= 11 is 0. The van der Waals surface area contributed by atoms with Crippen molar-refractivity contribution in [3.63, 3.8) is 0 Å². The van der Waals surface area contributed by atoms with Crippen molar-refractivity contribution in [2.75, 3.05) is 11.9 Å². The Morgan fingerprint density at radius 3 is 2.56 bits per heavy atom. The van der Waals surface area contributed by atoms with Crippen molar-refractivity contribution in [3.8, 4) is 5.69 Å². The van der Waals surface area contributed by atoms with E-state index in [9.17, 15) is 14.4 Å². The number of nitrogens with one attached hydrogen (secondary N) is 2. The lowest BCUT2D eigenvalue weighted by molar-refractivity contribution is -0.119. The minimum absolute atomic E-state index is 0.0318. The standard InChI is InChI=1S/C24H25N5O3/c1-17(30)26-21-13-25-29(16-21)22-10-7-19(8-11-22)24(32)28(14-18-5-3-2-4-6-18)15-20-9-12-23(31)27-20/h2-8,10-11,13,16,20H,9,12,14-15H2,1H3,(H,26,30)(H,27,31)/t20-/m0/s1. The van der Waals surface area contributed by atoms with Crippen molar-refractivity contribution in [3.05, 3.63) is 78.1 Å². The zero-order chi connectivity index (χ0) is 22.5. The Balaban J connectivity index is 1.51. The Hall–Kier alpha value is -3.94. The van der Waals surface area contributed by atoms with Gasteiger partial charge in [0, 0.05) is 38.0 Å². The summed E-state index contributed by atoms with van der Waals surface area (Å²) < 4.78 is 1.63. The third-order valence-electron chi connectivity index (χ3n) is 5.31. The molecule has 0 unspecified atom stereocenters. The molecule has 8 nitrogen and oxygen atoms in total. The van der Waals surface area contributed by atoms with E-state index in [-0.39, 0.29) is 23.8 Å². The first-order chi connectivity index (χ1) is 15.5. The van der Waals surface area contributed by atoms with Crippen LogP contribution >= 0.6 is 0 Å². The Kier molecular flexibility index (Phi) is 6.30. The van der Waals surface area contributed by atoms with Gasteiger partial charge in [0.2, 0.25) is 11.8 Å². The average molecular weight is 431 g/mol. The number of nitrogens with zero attached hydrogens (tertiary/aromatic N) is 3. The molecule has 0 bridgehead atoms. The summed E-state index contributed by atoms with van der Waals surface area (Å²) in [6, 6.07) is 16.9. The number of hydrogen-bond donors (Lipinski definition) is 2. The van der Waals surface area contributed by atoms with E-state index in [1.54, 1.807) is 34.1 Å². The van der Waals surface area contributed by atoms with Crippen molar-refractivity contribution in [1.82, 2.24) is 20.0 Å². The van der Waals surface area contributed by atoms with Gasteiger partial charge < -0.3 is 15.5 Å². The summed E-state index contributed by atoms with van der Waals surface area (Å²) in [5.41, 5.74) is 2.97. The van der Waals surface area contributed by atoms with Crippen LogP contribution in [0.1, 0.15) is 35.7 Å². The van der Waals surface area contributed by atoms with Gasteiger partial charge in [0.05, 0.1) is 23.8 Å². The molecule has 0 aliphatic carbocycles. The van der Waals surface area contributed by atoms with Gasteiger partial charge in [-0.05, 0) is 36.2 Å². The minimum atomic E-state index is -0.164. The van der Waals surface area contributed by atoms with E-state index < -0.39 is 0 Å². The number of aromatic nitrogens is 2. The van der Waals surface area contributed by atoms with Gasteiger partial charge in [0.25, 0.3) is 5.91 Å². The highest BCUT2D eigenvalue weighted by atomic mass is 16.2. The normalized spacial score (nSPS) is 15.3. The lowest BCUT2D eigenvalue weighted by Gasteiger charge is -2.26. The molecule has 164 valence electrons. The maximum atomic E-state index is 13.3. The molecule has 2 aromatic carbocycles. The van der Waals surface area contributed by atoms with Crippen LogP contribution in [0.5, 0.6) is 0 Å². The third kappa shape index (κ3) is 5.21. The van der Waals surface area contributed by atoms with E-state index >= 15 is 0 Å². The van der Waals surface area contributed by atoms with Gasteiger partial charge in [-0.1, -0.05) is 30.3 Å². The molecule has 1 aliphatic heterocycles. The number of benzene rings is 2. The van der Waals surface area contributed by atoms with Crippen molar-refractivity contribution in [2.24, 2.45) is 0 Å². The number of carbonyl (C=O) groups excluding carboxylic acids is 3. The molecule has 2 N–H and O–H groups in total. The van der Waals surface area contributed by atoms with Crippen LogP contribution in [0.15, 0.2) is 67.0 Å². The number of rotatable bonds is 7. The molecular weight excluding hydrogens is 406 g/mol. The third-order valence-corrected chi connectivity index (χ3v) is 5.31. The second-order valence-corrected chi connectivity index (χ2v) is 7.88. The molecule has 1 atom stereocenters. The molecule has 3 amide bonds. The van der Waals surface area contributed by atoms with Crippen LogP contribution in [0.2, 0.25) is 0 Å². The number of amides is 3. The SMILES string of the molecule is CC(=O)Nc1cnn(-c2ccc(C(=O)N(Cc3ccccc3)C[C@@H]3CCC(=O)N3)cc2)c1. The monoisotopic (exact) mass is 431 g/mol. The summed E-state index contributed by atoms with van der Waals surface area (Å²) in [5, 5.41) is 9.88. The van der Waals surface area contributed by atoms with Gasteiger partial charge in [-0.3, -0.25) is 14.4 Å². The topological polar surface area (TPSA) is 96.3 Å². The summed E-state index contributed by atoms with van der Waals surface area (Å²) in [7, 11) is 0. The second kappa shape index (κ2) is 9.47. The van der Waals surface area contributed by atoms with Gasteiger partial charge in [0.1, 0.15) is 0 Å². The lowest BCUT2D eigenvalue weighted by Crippen LogP contribution is -2.41. The zero-order valence-electron chi connectivity index (χ0n) is 17.8. The molecule has 0 spiro atoms. The molecular formula is C24H25N5O3. The molecule has 2 heterocycles. The van der Waals surface area contributed by atoms with E-state index in [1.165, 1.54) is 6.92 Å². The molecule has 1 aliphatic rings. The summed E-state index contributed by atoms with van der Waals surface area (Å²) in [6.45, 7) is 2.36. The fraction of sp³-hybridized carbons (Fsp3) is 0.250. The Bertz CT molecular complexity index is 1110. The van der Waals surface area contributed by atoms with Gasteiger partial charge in [0.15, 0.2) is 0 Å². The molecule has 8 heteroatoms. The van der Waals surface area contributed by atoms with Gasteiger partial charge in [-0.15, -0.1) is 0 Å². The van der Waals surface area contributed by atoms with Crippen LogP contribution in [-0.2, 0) is 16.1 Å². The molecule has 1 fully saturated rings. The maximum absolute atomic E-state index is 13.3. The predicted molar refractivity (Wildman–Crippen MR) is 120 cm³/mol. The molecule has 32 heavy (non-hydrogen) atoms. The highest BCUT2D eigenvalue weighted by molar-refractivity contribution is 5.94. The van der Waals surface area contributed by atoms with Crippen molar-refractivity contribution in [1.29, 1.82) is 0 Å². The van der Waals surface area contributed by atoms with Crippen LogP contribution in [0.25, 0.3) is 5.69 Å². The van der Waals surface area contributed by atoms with Gasteiger partial charge >= 0.3 is 0 Å². The van der Waals surface area contributed by atoms with Crippen LogP contribution in [0.3, 0.4) is 0 Å². The summed E-state index contributed by atoms with van der Waals surface area (Å²) in [4.78, 5) is 37.9. The van der Waals surface area contributed by atoms with Gasteiger partial charge in [-0.2, -0.15) is 5.10 Å². The lowest BCUT2D eigenvalue weighted by atomic mass is 10.1. The number of carbonyl (C=O) groups is 3. The Morgan fingerprint density at radius 1 is 1.16 bits per heavy atom. The summed E-state index contributed by atoms with van der Waals surface area (Å²) in [6.07, 6.45) is 4.50. The van der Waals surface area contributed by atoms with E-state index in [1.807, 2.05) is 42.5 Å². The molecule has 0 radical (unpaired) electrons. The van der Waals surface area contributed by atoms with E-state index in [2.05, 4.69) is 15.7 Å². The summed E-state index contributed by atoms with van der Waals surface area (Å²) in [5.74, 6) is -0.229. The fourth-order valence-electron chi connectivity index (χ4n) is 3.77. The maximum Gasteiger partial charge on any atom is 0.254 e. The Morgan fingerprint density at radius 2 is 1.91 bits per heavy atom.